The molecule has 1 aliphatic rings. The van der Waals surface area contributed by atoms with Crippen LogP contribution in [0.1, 0.15) is 25.8 Å². The summed E-state index contributed by atoms with van der Waals surface area (Å²) in [5, 5.41) is 6.36. The van der Waals surface area contributed by atoms with E-state index in [2.05, 4.69) is 15.6 Å². The van der Waals surface area contributed by atoms with Gasteiger partial charge in [-0.1, -0.05) is 17.7 Å². The van der Waals surface area contributed by atoms with Crippen molar-refractivity contribution >= 4 is 39.8 Å². The van der Waals surface area contributed by atoms with Crippen LogP contribution in [0.4, 0.5) is 0 Å². The number of aliphatic imine (C=N–C) groups is 1. The summed E-state index contributed by atoms with van der Waals surface area (Å²) in [5.41, 5.74) is 1.19. The first-order valence-electron chi connectivity index (χ1n) is 8.36. The van der Waals surface area contributed by atoms with Gasteiger partial charge in [-0.25, -0.2) is 13.4 Å². The van der Waals surface area contributed by atoms with E-state index >= 15 is 0 Å². The molecule has 6 nitrogen and oxygen atoms in total. The fraction of sp³-hybridized carbons (Fsp3) is 0.588. The minimum atomic E-state index is -2.90. The maximum Gasteiger partial charge on any atom is 0.191 e. The molecular weight excluding hydrogens is 453 g/mol. The van der Waals surface area contributed by atoms with Crippen molar-refractivity contribution in [3.05, 3.63) is 29.8 Å². The summed E-state index contributed by atoms with van der Waals surface area (Å²) in [6.07, 6.45) is 0.554. The van der Waals surface area contributed by atoms with Crippen LogP contribution < -0.4 is 15.4 Å². The Bertz CT molecular complexity index is 662. The lowest BCUT2D eigenvalue weighted by atomic mass is 10.2. The van der Waals surface area contributed by atoms with Crippen molar-refractivity contribution in [1.82, 2.24) is 10.6 Å². The summed E-state index contributed by atoms with van der Waals surface area (Å²) in [7, 11) is -2.90. The lowest BCUT2D eigenvalue weighted by Gasteiger charge is -2.17. The van der Waals surface area contributed by atoms with Gasteiger partial charge in [-0.05, 0) is 39.3 Å². The van der Waals surface area contributed by atoms with Gasteiger partial charge in [0.25, 0.3) is 0 Å². The molecule has 1 heterocycles. The van der Waals surface area contributed by atoms with Crippen LogP contribution in [0.3, 0.4) is 0 Å². The molecule has 0 aliphatic carbocycles. The van der Waals surface area contributed by atoms with Crippen molar-refractivity contribution in [2.24, 2.45) is 4.99 Å². The Morgan fingerprint density at radius 2 is 2.04 bits per heavy atom. The van der Waals surface area contributed by atoms with Crippen molar-refractivity contribution in [3.8, 4) is 5.75 Å². The molecule has 0 radical (unpaired) electrons. The third kappa shape index (κ3) is 7.81. The Balaban J connectivity index is 0.00000312. The minimum absolute atomic E-state index is 0. The number of benzene rings is 1. The van der Waals surface area contributed by atoms with Crippen LogP contribution >= 0.6 is 24.0 Å². The zero-order chi connectivity index (χ0) is 17.6. The molecule has 2 atom stereocenters. The second-order valence-electron chi connectivity index (χ2n) is 6.21. The summed E-state index contributed by atoms with van der Waals surface area (Å²) >= 11 is 0. The first-order chi connectivity index (χ1) is 11.4. The Labute approximate surface area is 167 Å². The summed E-state index contributed by atoms with van der Waals surface area (Å²) in [5.74, 6) is 1.88. The number of hydrogen-bond acceptors (Lipinski definition) is 4. The highest BCUT2D eigenvalue weighted by Gasteiger charge is 2.28. The van der Waals surface area contributed by atoms with E-state index in [4.69, 9.17) is 4.74 Å². The van der Waals surface area contributed by atoms with Crippen LogP contribution in [0.2, 0.25) is 0 Å². The molecule has 1 saturated heterocycles. The molecule has 2 rings (SSSR count). The molecule has 2 unspecified atom stereocenters. The third-order valence-electron chi connectivity index (χ3n) is 3.78. The van der Waals surface area contributed by atoms with E-state index in [0.717, 1.165) is 12.3 Å². The van der Waals surface area contributed by atoms with E-state index in [1.807, 2.05) is 45.0 Å². The predicted molar refractivity (Wildman–Crippen MR) is 113 cm³/mol. The van der Waals surface area contributed by atoms with Crippen molar-refractivity contribution in [3.63, 3.8) is 0 Å². The van der Waals surface area contributed by atoms with Crippen LogP contribution in [-0.2, 0) is 9.84 Å². The van der Waals surface area contributed by atoms with Crippen molar-refractivity contribution < 1.29 is 13.2 Å². The number of guanidine groups is 1. The normalized spacial score (nSPS) is 20.4. The van der Waals surface area contributed by atoms with E-state index in [1.165, 1.54) is 5.56 Å². The quantitative estimate of drug-likeness (QED) is 0.370. The average molecular weight is 481 g/mol. The first-order valence-corrected chi connectivity index (χ1v) is 10.2. The Morgan fingerprint density at radius 1 is 1.36 bits per heavy atom. The van der Waals surface area contributed by atoms with Gasteiger partial charge >= 0.3 is 0 Å². The molecule has 1 fully saturated rings. The molecule has 0 amide bonds. The molecule has 0 spiro atoms. The van der Waals surface area contributed by atoms with Crippen LogP contribution in [0, 0.1) is 6.92 Å². The minimum Gasteiger partial charge on any atom is -0.489 e. The van der Waals surface area contributed by atoms with E-state index in [-0.39, 0.29) is 47.6 Å². The number of rotatable bonds is 6. The molecule has 0 aromatic heterocycles. The van der Waals surface area contributed by atoms with E-state index in [0.29, 0.717) is 18.9 Å². The van der Waals surface area contributed by atoms with E-state index in [9.17, 15) is 8.42 Å². The number of nitrogens with zero attached hydrogens (tertiary/aromatic N) is 1. The lowest BCUT2D eigenvalue weighted by molar-refractivity contribution is 0.230. The number of nitrogens with one attached hydrogen (secondary N) is 2. The molecule has 142 valence electrons. The number of aryl methyl sites for hydroxylation is 1. The molecular formula is C17H28IN3O3S. The smallest absolute Gasteiger partial charge is 0.191 e. The number of halogens is 1. The molecule has 0 bridgehead atoms. The van der Waals surface area contributed by atoms with Gasteiger partial charge in [-0.2, -0.15) is 0 Å². The maximum atomic E-state index is 11.6. The number of sulfone groups is 1. The van der Waals surface area contributed by atoms with Gasteiger partial charge in [0.1, 0.15) is 11.9 Å². The molecule has 1 aromatic carbocycles. The molecule has 8 heteroatoms. The Hall–Kier alpha value is -1.03. The highest BCUT2D eigenvalue weighted by Crippen LogP contribution is 2.13. The van der Waals surface area contributed by atoms with Crippen LogP contribution in [0.5, 0.6) is 5.75 Å². The van der Waals surface area contributed by atoms with Gasteiger partial charge in [0, 0.05) is 12.6 Å². The van der Waals surface area contributed by atoms with Crippen LogP contribution in [0.25, 0.3) is 0 Å². The second kappa shape index (κ2) is 10.2. The topological polar surface area (TPSA) is 79.8 Å². The highest BCUT2D eigenvalue weighted by atomic mass is 127. The Kier molecular flexibility index (Phi) is 8.98. The van der Waals surface area contributed by atoms with Crippen LogP contribution in [0.15, 0.2) is 29.3 Å². The summed E-state index contributed by atoms with van der Waals surface area (Å²) in [6.45, 7) is 7.19. The van der Waals surface area contributed by atoms with Crippen molar-refractivity contribution in [2.45, 2.75) is 39.3 Å². The largest absolute Gasteiger partial charge is 0.489 e. The fourth-order valence-electron chi connectivity index (χ4n) is 2.53. The third-order valence-corrected chi connectivity index (χ3v) is 5.55. The Morgan fingerprint density at radius 3 is 2.60 bits per heavy atom. The highest BCUT2D eigenvalue weighted by molar-refractivity contribution is 14.0. The van der Waals surface area contributed by atoms with E-state index < -0.39 is 9.84 Å². The first kappa shape index (κ1) is 22.0. The maximum absolute atomic E-state index is 11.6. The number of hydrogen-bond donors (Lipinski definition) is 2. The van der Waals surface area contributed by atoms with Crippen LogP contribution in [-0.4, -0.2) is 51.1 Å². The summed E-state index contributed by atoms with van der Waals surface area (Å²) in [6, 6.07) is 7.85. The SMILES string of the molecule is CCNC(=NCC(C)Oc1ccc(C)cc1)NC1CCS(=O)(=O)C1.I. The summed E-state index contributed by atoms with van der Waals surface area (Å²) in [4.78, 5) is 4.51. The molecule has 1 aliphatic heterocycles. The lowest BCUT2D eigenvalue weighted by Crippen LogP contribution is -2.44. The average Bonchev–Trinajstić information content (AvgIpc) is 2.86. The standard InChI is InChI=1S/C17H27N3O3S.HI/c1-4-18-17(20-15-9-10-24(21,22)12-15)19-11-14(3)23-16-7-5-13(2)6-8-16;/h5-8,14-15H,4,9-12H2,1-3H3,(H2,18,19,20);1H. The molecule has 25 heavy (non-hydrogen) atoms. The van der Waals surface area contributed by atoms with Gasteiger partial charge in [0.05, 0.1) is 18.1 Å². The summed E-state index contributed by atoms with van der Waals surface area (Å²) < 4.78 is 28.9. The number of ether oxygens (including phenoxy) is 1. The van der Waals surface area contributed by atoms with Gasteiger partial charge in [0.2, 0.25) is 0 Å². The second-order valence-corrected chi connectivity index (χ2v) is 8.43. The predicted octanol–water partition coefficient (Wildman–Crippen LogP) is 2.12. The van der Waals surface area contributed by atoms with Gasteiger partial charge in [-0.15, -0.1) is 24.0 Å². The fourth-order valence-corrected chi connectivity index (χ4v) is 4.20. The molecule has 0 saturated carbocycles. The monoisotopic (exact) mass is 481 g/mol. The molecule has 1 aromatic rings. The van der Waals surface area contributed by atoms with E-state index in [1.54, 1.807) is 0 Å². The van der Waals surface area contributed by atoms with Gasteiger partial charge < -0.3 is 15.4 Å². The van der Waals surface area contributed by atoms with Gasteiger partial charge in [-0.3, -0.25) is 0 Å². The van der Waals surface area contributed by atoms with Crippen molar-refractivity contribution in [2.75, 3.05) is 24.6 Å². The molecule has 2 N–H and O–H groups in total. The zero-order valence-corrected chi connectivity index (χ0v) is 18.1. The zero-order valence-electron chi connectivity index (χ0n) is 15.0. The van der Waals surface area contributed by atoms with Crippen molar-refractivity contribution in [1.29, 1.82) is 0 Å². The van der Waals surface area contributed by atoms with Gasteiger partial charge in [0.15, 0.2) is 15.8 Å².